The standard InChI is InChI=1S/C11H11BrN2O2S/c12-11(16)14-8-5-7(3-4-13)1-2-9(8)17-6-10(14)15/h1-2,5H,3-4,6,13H2. The van der Waals surface area contributed by atoms with E-state index in [1.807, 2.05) is 18.2 Å². The molecule has 1 aliphatic heterocycles. The fraction of sp³-hybridized carbons (Fsp3) is 0.273. The van der Waals surface area contributed by atoms with E-state index < -0.39 is 4.82 Å². The van der Waals surface area contributed by atoms with Crippen LogP contribution in [-0.2, 0) is 11.2 Å². The van der Waals surface area contributed by atoms with E-state index in [1.54, 1.807) is 0 Å². The third-order valence-electron chi connectivity index (χ3n) is 2.47. The average Bonchev–Trinajstić information content (AvgIpc) is 2.28. The number of nitrogens with zero attached hydrogens (tertiary/aromatic N) is 1. The second kappa shape index (κ2) is 5.20. The SMILES string of the molecule is NCCc1ccc2c(c1)N(C(=O)Br)C(=O)CS2. The van der Waals surface area contributed by atoms with Crippen molar-refractivity contribution < 1.29 is 9.59 Å². The van der Waals surface area contributed by atoms with Crippen LogP contribution in [0.5, 0.6) is 0 Å². The summed E-state index contributed by atoms with van der Waals surface area (Å²) in [6.07, 6.45) is 0.733. The number of anilines is 1. The number of imide groups is 1. The normalized spacial score (nSPS) is 14.7. The van der Waals surface area contributed by atoms with E-state index in [4.69, 9.17) is 5.73 Å². The molecule has 1 aromatic rings. The zero-order valence-corrected chi connectivity index (χ0v) is 11.4. The van der Waals surface area contributed by atoms with Crippen molar-refractivity contribution in [2.24, 2.45) is 5.73 Å². The van der Waals surface area contributed by atoms with Crippen molar-refractivity contribution in [2.45, 2.75) is 11.3 Å². The molecule has 17 heavy (non-hydrogen) atoms. The van der Waals surface area contributed by atoms with E-state index in [0.717, 1.165) is 16.9 Å². The fourth-order valence-electron chi connectivity index (χ4n) is 1.71. The molecule has 0 radical (unpaired) electrons. The van der Waals surface area contributed by atoms with Crippen molar-refractivity contribution in [1.82, 2.24) is 0 Å². The summed E-state index contributed by atoms with van der Waals surface area (Å²) in [6, 6.07) is 5.76. The molecule has 2 rings (SSSR count). The predicted octanol–water partition coefficient (Wildman–Crippen LogP) is 2.14. The van der Waals surface area contributed by atoms with Gasteiger partial charge in [-0.25, -0.2) is 4.90 Å². The lowest BCUT2D eigenvalue weighted by Gasteiger charge is -2.25. The minimum Gasteiger partial charge on any atom is -0.330 e. The quantitative estimate of drug-likeness (QED) is 0.671. The summed E-state index contributed by atoms with van der Waals surface area (Å²) >= 11 is 4.29. The highest BCUT2D eigenvalue weighted by molar-refractivity contribution is 9.18. The third kappa shape index (κ3) is 2.53. The first-order chi connectivity index (χ1) is 8.13. The Kier molecular flexibility index (Phi) is 3.86. The molecule has 0 saturated heterocycles. The van der Waals surface area contributed by atoms with E-state index in [-0.39, 0.29) is 5.91 Å². The van der Waals surface area contributed by atoms with Gasteiger partial charge in [0.15, 0.2) is 0 Å². The monoisotopic (exact) mass is 314 g/mol. The molecule has 0 aliphatic carbocycles. The van der Waals surface area contributed by atoms with Crippen molar-refractivity contribution in [3.8, 4) is 0 Å². The van der Waals surface area contributed by atoms with Crippen LogP contribution in [-0.4, -0.2) is 23.0 Å². The van der Waals surface area contributed by atoms with Crippen LogP contribution >= 0.6 is 27.7 Å². The Morgan fingerprint density at radius 3 is 2.94 bits per heavy atom. The molecule has 1 aliphatic rings. The maximum absolute atomic E-state index is 11.7. The van der Waals surface area contributed by atoms with Gasteiger partial charge >= 0.3 is 4.82 Å². The average molecular weight is 315 g/mol. The molecule has 1 heterocycles. The number of carbonyl (C=O) groups excluding carboxylic acids is 2. The van der Waals surface area contributed by atoms with Gasteiger partial charge in [-0.2, -0.15) is 0 Å². The number of fused-ring (bicyclic) bond motifs is 1. The lowest BCUT2D eigenvalue weighted by Crippen LogP contribution is -2.37. The smallest absolute Gasteiger partial charge is 0.300 e. The van der Waals surface area contributed by atoms with Crippen LogP contribution in [0.25, 0.3) is 0 Å². The number of thioether (sulfide) groups is 1. The van der Waals surface area contributed by atoms with Gasteiger partial charge in [0, 0.05) is 20.8 Å². The number of halogens is 1. The lowest BCUT2D eigenvalue weighted by atomic mass is 10.1. The number of nitrogens with two attached hydrogens (primary N) is 1. The molecule has 0 aromatic heterocycles. The van der Waals surface area contributed by atoms with Crippen LogP contribution in [0.1, 0.15) is 5.56 Å². The van der Waals surface area contributed by atoms with Crippen LogP contribution < -0.4 is 10.6 Å². The van der Waals surface area contributed by atoms with Crippen molar-refractivity contribution >= 4 is 44.1 Å². The molecule has 0 saturated carbocycles. The van der Waals surface area contributed by atoms with Gasteiger partial charge in [-0.05, 0) is 30.7 Å². The molecule has 1 aromatic carbocycles. The summed E-state index contributed by atoms with van der Waals surface area (Å²) in [5, 5.41) is 0. The number of carbonyl (C=O) groups is 2. The zero-order valence-electron chi connectivity index (χ0n) is 8.98. The van der Waals surface area contributed by atoms with Gasteiger partial charge in [-0.3, -0.25) is 9.59 Å². The summed E-state index contributed by atoms with van der Waals surface area (Å²) in [6.45, 7) is 0.544. The predicted molar refractivity (Wildman–Crippen MR) is 71.7 cm³/mol. The molecule has 2 N–H and O–H groups in total. The molecular weight excluding hydrogens is 304 g/mol. The maximum atomic E-state index is 11.7. The van der Waals surface area contributed by atoms with E-state index >= 15 is 0 Å². The number of benzene rings is 1. The third-order valence-corrected chi connectivity index (χ3v) is 3.88. The van der Waals surface area contributed by atoms with Crippen molar-refractivity contribution in [1.29, 1.82) is 0 Å². The second-order valence-corrected chi connectivity index (χ2v) is 5.31. The van der Waals surface area contributed by atoms with E-state index in [9.17, 15) is 9.59 Å². The van der Waals surface area contributed by atoms with Crippen molar-refractivity contribution in [2.75, 3.05) is 17.2 Å². The first kappa shape index (κ1) is 12.6. The van der Waals surface area contributed by atoms with Crippen LogP contribution in [0.3, 0.4) is 0 Å². The lowest BCUT2D eigenvalue weighted by molar-refractivity contribution is -0.115. The Labute approximate surface area is 112 Å². The topological polar surface area (TPSA) is 63.4 Å². The Morgan fingerprint density at radius 2 is 2.29 bits per heavy atom. The first-order valence-electron chi connectivity index (χ1n) is 5.11. The number of amides is 2. The van der Waals surface area contributed by atoms with Crippen LogP contribution in [0.15, 0.2) is 23.1 Å². The van der Waals surface area contributed by atoms with Gasteiger partial charge < -0.3 is 5.73 Å². The maximum Gasteiger partial charge on any atom is 0.300 e. The van der Waals surface area contributed by atoms with Crippen LogP contribution in [0.4, 0.5) is 10.5 Å². The highest BCUT2D eigenvalue weighted by Gasteiger charge is 2.28. The van der Waals surface area contributed by atoms with Crippen LogP contribution in [0, 0.1) is 0 Å². The summed E-state index contributed by atoms with van der Waals surface area (Å²) < 4.78 is 0. The summed E-state index contributed by atoms with van der Waals surface area (Å²) in [4.78, 5) is 24.8. The number of hydrogen-bond acceptors (Lipinski definition) is 4. The Balaban J connectivity index is 2.45. The summed E-state index contributed by atoms with van der Waals surface area (Å²) in [7, 11) is 0. The minimum absolute atomic E-state index is 0.200. The Hall–Kier alpha value is -0.850. The molecule has 90 valence electrons. The highest BCUT2D eigenvalue weighted by atomic mass is 79.9. The molecule has 4 nitrogen and oxygen atoms in total. The van der Waals surface area contributed by atoms with Crippen molar-refractivity contribution in [3.63, 3.8) is 0 Å². The van der Waals surface area contributed by atoms with Gasteiger partial charge in [-0.15, -0.1) is 11.8 Å². The minimum atomic E-state index is -0.422. The van der Waals surface area contributed by atoms with E-state index in [0.29, 0.717) is 18.0 Å². The van der Waals surface area contributed by atoms with Gasteiger partial charge in [0.25, 0.3) is 0 Å². The Bertz CT molecular complexity index is 479. The molecule has 2 amide bonds. The molecule has 0 unspecified atom stereocenters. The Morgan fingerprint density at radius 1 is 1.53 bits per heavy atom. The molecular formula is C11H11BrN2O2S. The van der Waals surface area contributed by atoms with Gasteiger partial charge in [0.2, 0.25) is 5.91 Å². The molecule has 0 atom stereocenters. The van der Waals surface area contributed by atoms with Gasteiger partial charge in [-0.1, -0.05) is 6.07 Å². The first-order valence-corrected chi connectivity index (χ1v) is 6.89. The zero-order chi connectivity index (χ0) is 12.4. The summed E-state index contributed by atoms with van der Waals surface area (Å²) in [5.74, 6) is 0.0925. The molecule has 0 fully saturated rings. The largest absolute Gasteiger partial charge is 0.330 e. The van der Waals surface area contributed by atoms with Crippen LogP contribution in [0.2, 0.25) is 0 Å². The fourth-order valence-corrected chi connectivity index (χ4v) is 2.97. The van der Waals surface area contributed by atoms with E-state index in [2.05, 4.69) is 15.9 Å². The van der Waals surface area contributed by atoms with Crippen molar-refractivity contribution in [3.05, 3.63) is 23.8 Å². The molecule has 6 heteroatoms. The summed E-state index contributed by atoms with van der Waals surface area (Å²) in [5.41, 5.74) is 7.18. The number of rotatable bonds is 2. The van der Waals surface area contributed by atoms with Gasteiger partial charge in [0.05, 0.1) is 11.4 Å². The molecule has 0 bridgehead atoms. The van der Waals surface area contributed by atoms with E-state index in [1.165, 1.54) is 16.7 Å². The highest BCUT2D eigenvalue weighted by Crippen LogP contribution is 2.36. The number of hydrogen-bond donors (Lipinski definition) is 1. The second-order valence-electron chi connectivity index (χ2n) is 3.61. The molecule has 0 spiro atoms. The van der Waals surface area contributed by atoms with Gasteiger partial charge in [0.1, 0.15) is 0 Å².